The van der Waals surface area contributed by atoms with E-state index in [1.54, 1.807) is 0 Å². The van der Waals surface area contributed by atoms with Crippen LogP contribution in [-0.4, -0.2) is 25.4 Å². The van der Waals surface area contributed by atoms with Gasteiger partial charge in [-0.3, -0.25) is 29.0 Å². The van der Waals surface area contributed by atoms with Gasteiger partial charge in [-0.15, -0.1) is 50.6 Å². The monoisotopic (exact) mass is 527 g/mol. The summed E-state index contributed by atoms with van der Waals surface area (Å²) in [5.74, 6) is -5.62. The second-order valence-corrected chi connectivity index (χ2v) is 6.12. The van der Waals surface area contributed by atoms with Crippen LogP contribution in [0.5, 0.6) is 28.7 Å². The van der Waals surface area contributed by atoms with E-state index < -0.39 is 81.9 Å². The topological polar surface area (TPSA) is 292 Å². The number of fused-ring (bicyclic) bond motifs is 1. The summed E-state index contributed by atoms with van der Waals surface area (Å²) in [6, 6.07) is 3.45. The van der Waals surface area contributed by atoms with Crippen LogP contribution in [0.2, 0.25) is 0 Å². The summed E-state index contributed by atoms with van der Waals surface area (Å²) in [5.41, 5.74) is -2.67. The third kappa shape index (κ3) is 5.78. The Labute approximate surface area is 197 Å². The molecule has 0 fully saturated rings. The lowest BCUT2D eigenvalue weighted by atomic mass is 10.1. The van der Waals surface area contributed by atoms with Crippen molar-refractivity contribution in [3.05, 3.63) is 91.1 Å². The van der Waals surface area contributed by atoms with Crippen LogP contribution in [0.1, 0.15) is 0 Å². The predicted octanol–water partition coefficient (Wildman–Crippen LogP) is 1.31. The molecule has 22 heteroatoms. The third-order valence-electron chi connectivity index (χ3n) is 3.96. The van der Waals surface area contributed by atoms with E-state index in [9.17, 15) is 55.4 Å². The predicted molar refractivity (Wildman–Crippen MR) is 106 cm³/mol. The molecule has 3 rings (SSSR count). The first-order valence-electron chi connectivity index (χ1n) is 8.76. The Hall–Kier alpha value is -6.35. The van der Waals surface area contributed by atoms with Gasteiger partial charge in [0.05, 0.1) is 5.39 Å². The van der Waals surface area contributed by atoms with Gasteiger partial charge < -0.3 is 4.42 Å². The average molecular weight is 527 g/mol. The highest BCUT2D eigenvalue weighted by Gasteiger charge is 2.25. The van der Waals surface area contributed by atoms with Crippen molar-refractivity contribution < 1.29 is 54.0 Å². The molecule has 37 heavy (non-hydrogen) atoms. The summed E-state index contributed by atoms with van der Waals surface area (Å²) < 4.78 is 5.35. The fourth-order valence-corrected chi connectivity index (χ4v) is 2.84. The molecule has 0 amide bonds. The summed E-state index contributed by atoms with van der Waals surface area (Å²) in [5, 5.41) is 46.2. The molecule has 0 saturated heterocycles. The molecule has 0 aliphatic rings. The Balaban J connectivity index is 2.38. The van der Waals surface area contributed by atoms with Crippen molar-refractivity contribution in [3.63, 3.8) is 0 Å². The summed E-state index contributed by atoms with van der Waals surface area (Å²) in [6.07, 6.45) is 0. The van der Waals surface area contributed by atoms with Gasteiger partial charge in [-0.2, -0.15) is 0 Å². The van der Waals surface area contributed by atoms with Crippen molar-refractivity contribution in [2.24, 2.45) is 0 Å². The number of nitrogens with zero attached hydrogens (tertiary/aromatic N) is 5. The second-order valence-electron chi connectivity index (χ2n) is 6.12. The maximum atomic E-state index is 13.0. The Kier molecular flexibility index (Phi) is 6.74. The van der Waals surface area contributed by atoms with E-state index in [0.717, 1.165) is 12.1 Å². The fraction of sp³-hybridized carbons (Fsp3) is 0. The average Bonchev–Trinajstić information content (AvgIpc) is 2.74. The van der Waals surface area contributed by atoms with Crippen LogP contribution in [0.15, 0.2) is 39.5 Å². The Morgan fingerprint density at radius 1 is 0.622 bits per heavy atom. The van der Waals surface area contributed by atoms with E-state index in [0.29, 0.717) is 18.2 Å². The molecule has 0 spiro atoms. The highest BCUT2D eigenvalue weighted by atomic mass is 17.0. The molecular weight excluding hydrogens is 522 g/mol. The van der Waals surface area contributed by atoms with Crippen molar-refractivity contribution in [1.29, 1.82) is 0 Å². The van der Waals surface area contributed by atoms with E-state index in [4.69, 9.17) is 4.42 Å². The Morgan fingerprint density at radius 2 is 1.16 bits per heavy atom. The normalized spacial score (nSPS) is 10.3. The molecule has 0 N–H and O–H groups in total. The fourth-order valence-electron chi connectivity index (χ4n) is 2.84. The third-order valence-corrected chi connectivity index (χ3v) is 3.96. The molecule has 0 aliphatic carbocycles. The first kappa shape index (κ1) is 25.3. The van der Waals surface area contributed by atoms with Gasteiger partial charge in [-0.25, -0.2) is 0 Å². The molecule has 1 heterocycles. The van der Waals surface area contributed by atoms with E-state index in [2.05, 4.69) is 24.2 Å². The summed E-state index contributed by atoms with van der Waals surface area (Å²) in [4.78, 5) is 88.0. The van der Waals surface area contributed by atoms with Crippen LogP contribution in [0.25, 0.3) is 22.3 Å². The minimum atomic E-state index is -1.47. The molecular formula is C15H5N5O17. The van der Waals surface area contributed by atoms with Crippen LogP contribution in [0, 0.1) is 50.6 Å². The zero-order valence-corrected chi connectivity index (χ0v) is 17.1. The zero-order valence-electron chi connectivity index (χ0n) is 17.1. The number of hydrogen-bond donors (Lipinski definition) is 0. The second kappa shape index (κ2) is 9.87. The highest BCUT2D eigenvalue weighted by molar-refractivity contribution is 5.88. The zero-order chi connectivity index (χ0) is 27.4. The minimum Gasteiger partial charge on any atom is -0.453 e. The minimum absolute atomic E-state index is 0.472. The van der Waals surface area contributed by atoms with Crippen LogP contribution >= 0.6 is 0 Å². The lowest BCUT2D eigenvalue weighted by Gasteiger charge is -2.13. The molecule has 3 aromatic rings. The van der Waals surface area contributed by atoms with Crippen molar-refractivity contribution in [2.45, 2.75) is 0 Å². The SMILES string of the molecule is O=c1c(O[N+](=O)[O-])c(-c2ccc(O[N+](=O)[O-])c(O[N+](=O)[O-])c2)oc2cc(O[N+](=O)[O-])cc(O[N+](=O)[O-])c12. The molecule has 0 saturated carbocycles. The van der Waals surface area contributed by atoms with E-state index >= 15 is 0 Å². The number of rotatable bonds is 11. The van der Waals surface area contributed by atoms with Crippen molar-refractivity contribution in [3.8, 4) is 40.1 Å². The molecule has 0 atom stereocenters. The molecule has 22 nitrogen and oxygen atoms in total. The molecule has 0 aliphatic heterocycles. The van der Waals surface area contributed by atoms with Gasteiger partial charge in [0, 0.05) is 11.6 Å². The molecule has 192 valence electrons. The van der Waals surface area contributed by atoms with Gasteiger partial charge in [0.2, 0.25) is 11.2 Å². The van der Waals surface area contributed by atoms with Gasteiger partial charge in [-0.05, 0) is 24.3 Å². The highest BCUT2D eigenvalue weighted by Crippen LogP contribution is 2.39. The van der Waals surface area contributed by atoms with Crippen molar-refractivity contribution in [2.75, 3.05) is 0 Å². The van der Waals surface area contributed by atoms with Crippen molar-refractivity contribution >= 4 is 11.0 Å². The largest absolute Gasteiger partial charge is 0.453 e. The first-order chi connectivity index (χ1) is 17.3. The van der Waals surface area contributed by atoms with E-state index in [1.807, 2.05) is 0 Å². The molecule has 0 radical (unpaired) electrons. The summed E-state index contributed by atoms with van der Waals surface area (Å²) in [6.45, 7) is 0. The molecule has 2 aromatic carbocycles. The smallest absolute Gasteiger partial charge is 0.300 e. The van der Waals surface area contributed by atoms with E-state index in [-0.39, 0.29) is 0 Å². The van der Waals surface area contributed by atoms with Gasteiger partial charge in [-0.1, -0.05) is 0 Å². The molecule has 0 bridgehead atoms. The number of benzene rings is 2. The molecule has 0 unspecified atom stereocenters. The lowest BCUT2D eigenvalue weighted by molar-refractivity contribution is -0.721. The quantitative estimate of drug-likeness (QED) is 0.250. The lowest BCUT2D eigenvalue weighted by Crippen LogP contribution is -2.16. The maximum Gasteiger partial charge on any atom is 0.300 e. The first-order valence-corrected chi connectivity index (χ1v) is 8.76. The van der Waals surface area contributed by atoms with Gasteiger partial charge in [0.25, 0.3) is 25.4 Å². The van der Waals surface area contributed by atoms with Crippen LogP contribution < -0.4 is 29.6 Å². The van der Waals surface area contributed by atoms with E-state index in [1.165, 1.54) is 0 Å². The van der Waals surface area contributed by atoms with Crippen molar-refractivity contribution in [1.82, 2.24) is 0 Å². The maximum absolute atomic E-state index is 13.0. The van der Waals surface area contributed by atoms with Gasteiger partial charge in [0.1, 0.15) is 17.1 Å². The van der Waals surface area contributed by atoms with Gasteiger partial charge in [0.15, 0.2) is 17.3 Å². The Bertz CT molecular complexity index is 1530. The summed E-state index contributed by atoms with van der Waals surface area (Å²) >= 11 is 0. The standard InChI is InChI=1S/C15H5N5O17/c21-13-12-10(4-7(33-16(22)23)5-11(12)36-19(28)29)32-14(15(13)37-20(30)31)6-1-2-8(34-17(24)25)9(3-6)35-18(26)27/h1-5H. The van der Waals surface area contributed by atoms with Crippen LogP contribution in [-0.2, 0) is 0 Å². The Morgan fingerprint density at radius 3 is 1.73 bits per heavy atom. The summed E-state index contributed by atoms with van der Waals surface area (Å²) in [7, 11) is 0. The number of hydrogen-bond acceptors (Lipinski definition) is 17. The van der Waals surface area contributed by atoms with Crippen LogP contribution in [0.4, 0.5) is 0 Å². The van der Waals surface area contributed by atoms with Gasteiger partial charge >= 0.3 is 0 Å². The molecule has 1 aromatic heterocycles. The van der Waals surface area contributed by atoms with Crippen LogP contribution in [0.3, 0.4) is 0 Å².